The zero-order valence-electron chi connectivity index (χ0n) is 12.9. The van der Waals surface area contributed by atoms with Gasteiger partial charge in [-0.25, -0.2) is 0 Å². The molecule has 8 heteroatoms. The number of nitrogens with one attached hydrogen (secondary N) is 1. The van der Waals surface area contributed by atoms with Crippen molar-refractivity contribution in [1.82, 2.24) is 5.32 Å². The molecule has 0 bridgehead atoms. The summed E-state index contributed by atoms with van der Waals surface area (Å²) >= 11 is 0. The Kier molecular flexibility index (Phi) is 4.22. The molecular weight excluding hydrogens is 324 g/mol. The first-order valence-corrected chi connectivity index (χ1v) is 7.47. The molecule has 0 unspecified atom stereocenters. The second-order valence-corrected chi connectivity index (χ2v) is 5.60. The summed E-state index contributed by atoms with van der Waals surface area (Å²) in [6.45, 7) is 0. The summed E-state index contributed by atoms with van der Waals surface area (Å²) in [4.78, 5) is 34.9. The number of non-ortho nitro benzene ring substituents is 1. The number of carbonyl (C=O) groups excluding carboxylic acids is 2. The van der Waals surface area contributed by atoms with Crippen LogP contribution in [-0.4, -0.2) is 16.7 Å². The molecule has 1 aromatic carbocycles. The van der Waals surface area contributed by atoms with Gasteiger partial charge in [-0.2, -0.15) is 9.83 Å². The number of hydrogen-bond donors (Lipinski definition) is 1. The van der Waals surface area contributed by atoms with Crippen LogP contribution in [0.5, 0.6) is 0 Å². The van der Waals surface area contributed by atoms with Gasteiger partial charge in [-0.15, -0.1) is 0 Å². The molecule has 1 aliphatic rings. The Bertz CT molecular complexity index is 874. The third-order valence-corrected chi connectivity index (χ3v) is 4.18. The van der Waals surface area contributed by atoms with Crippen LogP contribution in [-0.2, 0) is 9.59 Å². The summed E-state index contributed by atoms with van der Waals surface area (Å²) in [5, 5.41) is 22.5. The number of nitro groups is 1. The number of piperidine rings is 1. The lowest BCUT2D eigenvalue weighted by Crippen LogP contribution is -2.59. The fourth-order valence-corrected chi connectivity index (χ4v) is 3.03. The van der Waals surface area contributed by atoms with Crippen LogP contribution < -0.4 is 9.88 Å². The highest BCUT2D eigenvalue weighted by Crippen LogP contribution is 2.36. The number of hydrogen-bond acceptors (Lipinski definition) is 5. The normalized spacial score (nSPS) is 22.8. The highest BCUT2D eigenvalue weighted by atomic mass is 16.6. The van der Waals surface area contributed by atoms with Gasteiger partial charge in [0.2, 0.25) is 11.9 Å². The van der Waals surface area contributed by atoms with Crippen LogP contribution in [0.2, 0.25) is 0 Å². The molecule has 2 aromatic rings. The standard InChI is InChI=1S/C17H12N4O4/c18-10-13-14(11-4-6-12(7-5-11)21(24)25)15(17(23)19-16(13)22)20-8-2-1-3-9-20/h1-9,13-15H/p+1/t13-,14+,15-/m0/s1. The lowest BCUT2D eigenvalue weighted by Gasteiger charge is -2.29. The summed E-state index contributed by atoms with van der Waals surface area (Å²) < 4.78 is 1.62. The van der Waals surface area contributed by atoms with E-state index in [1.165, 1.54) is 24.3 Å². The molecular formula is C17H13N4O4+. The van der Waals surface area contributed by atoms with E-state index in [1.807, 2.05) is 6.07 Å². The van der Waals surface area contributed by atoms with E-state index in [-0.39, 0.29) is 5.69 Å². The molecule has 1 saturated heterocycles. The Morgan fingerprint density at radius 1 is 1.08 bits per heavy atom. The van der Waals surface area contributed by atoms with E-state index < -0.39 is 34.6 Å². The zero-order chi connectivity index (χ0) is 18.0. The van der Waals surface area contributed by atoms with Crippen molar-refractivity contribution >= 4 is 17.5 Å². The lowest BCUT2D eigenvalue weighted by atomic mass is 9.77. The molecule has 0 radical (unpaired) electrons. The van der Waals surface area contributed by atoms with Crippen LogP contribution in [0.4, 0.5) is 5.69 Å². The highest BCUT2D eigenvalue weighted by Gasteiger charge is 2.50. The molecule has 3 atom stereocenters. The molecule has 25 heavy (non-hydrogen) atoms. The SMILES string of the molecule is N#C[C@@H]1C(=O)NC(=O)[C@@H]([n+]2ccccc2)[C@@H]1c1ccc([N+](=O)[O-])cc1. The van der Waals surface area contributed by atoms with Gasteiger partial charge in [0.05, 0.1) is 16.9 Å². The Hall–Kier alpha value is -3.60. The largest absolute Gasteiger partial charge is 0.296 e. The topological polar surface area (TPSA) is 117 Å². The Labute approximate surface area is 142 Å². The van der Waals surface area contributed by atoms with Gasteiger partial charge < -0.3 is 0 Å². The van der Waals surface area contributed by atoms with Gasteiger partial charge in [-0.1, -0.05) is 18.2 Å². The molecule has 2 amide bonds. The number of nitriles is 1. The van der Waals surface area contributed by atoms with Crippen LogP contribution >= 0.6 is 0 Å². The predicted molar refractivity (Wildman–Crippen MR) is 83.8 cm³/mol. The Balaban J connectivity index is 2.11. The second-order valence-electron chi connectivity index (χ2n) is 5.60. The van der Waals surface area contributed by atoms with Crippen LogP contribution in [0.3, 0.4) is 0 Å². The van der Waals surface area contributed by atoms with Gasteiger partial charge in [0.25, 0.3) is 11.6 Å². The molecule has 8 nitrogen and oxygen atoms in total. The number of benzene rings is 1. The minimum absolute atomic E-state index is 0.104. The number of carbonyl (C=O) groups is 2. The molecule has 0 saturated carbocycles. The molecule has 3 rings (SSSR count). The van der Waals surface area contributed by atoms with Crippen molar-refractivity contribution in [3.8, 4) is 6.07 Å². The molecule has 0 aliphatic carbocycles. The quantitative estimate of drug-likeness (QED) is 0.388. The summed E-state index contributed by atoms with van der Waals surface area (Å²) in [5.41, 5.74) is 0.412. The summed E-state index contributed by atoms with van der Waals surface area (Å²) in [5.74, 6) is -3.02. The number of amides is 2. The van der Waals surface area contributed by atoms with Crippen molar-refractivity contribution < 1.29 is 19.1 Å². The van der Waals surface area contributed by atoms with E-state index in [0.29, 0.717) is 5.56 Å². The van der Waals surface area contributed by atoms with Crippen molar-refractivity contribution in [3.63, 3.8) is 0 Å². The first kappa shape index (κ1) is 16.3. The molecule has 1 fully saturated rings. The van der Waals surface area contributed by atoms with Crippen molar-refractivity contribution in [1.29, 1.82) is 5.26 Å². The van der Waals surface area contributed by atoms with Crippen molar-refractivity contribution in [2.45, 2.75) is 12.0 Å². The molecule has 1 aliphatic heterocycles. The van der Waals surface area contributed by atoms with Crippen molar-refractivity contribution in [3.05, 3.63) is 70.5 Å². The average molecular weight is 337 g/mol. The molecule has 0 spiro atoms. The van der Waals surface area contributed by atoms with Crippen molar-refractivity contribution in [2.75, 3.05) is 0 Å². The summed E-state index contributed by atoms with van der Waals surface area (Å²) in [6.07, 6.45) is 3.35. The number of pyridine rings is 1. The molecule has 2 heterocycles. The maximum Gasteiger partial charge on any atom is 0.296 e. The van der Waals surface area contributed by atoms with Gasteiger partial charge in [0.1, 0.15) is 5.92 Å². The summed E-state index contributed by atoms with van der Waals surface area (Å²) in [6, 6.07) is 11.9. The van der Waals surface area contributed by atoms with E-state index in [2.05, 4.69) is 5.32 Å². The molecule has 124 valence electrons. The fraction of sp³-hybridized carbons (Fsp3) is 0.176. The predicted octanol–water partition coefficient (Wildman–Crippen LogP) is 1.00. The molecule has 1 N–H and O–H groups in total. The first-order chi connectivity index (χ1) is 12.0. The minimum atomic E-state index is -1.09. The Morgan fingerprint density at radius 2 is 1.72 bits per heavy atom. The smallest absolute Gasteiger partial charge is 0.289 e. The van der Waals surface area contributed by atoms with Crippen LogP contribution in [0.25, 0.3) is 0 Å². The van der Waals surface area contributed by atoms with Gasteiger partial charge >= 0.3 is 0 Å². The van der Waals surface area contributed by atoms with E-state index >= 15 is 0 Å². The van der Waals surface area contributed by atoms with Gasteiger partial charge in [-0.05, 0) is 5.56 Å². The van der Waals surface area contributed by atoms with Crippen molar-refractivity contribution in [2.24, 2.45) is 5.92 Å². The van der Waals surface area contributed by atoms with Gasteiger partial charge in [-0.3, -0.25) is 25.0 Å². The van der Waals surface area contributed by atoms with Crippen LogP contribution in [0.1, 0.15) is 17.5 Å². The number of nitro benzene ring substituents is 1. The molecule has 1 aromatic heterocycles. The van der Waals surface area contributed by atoms with E-state index in [1.54, 1.807) is 35.2 Å². The third-order valence-electron chi connectivity index (χ3n) is 4.18. The summed E-state index contributed by atoms with van der Waals surface area (Å²) in [7, 11) is 0. The second kappa shape index (κ2) is 6.49. The van der Waals surface area contributed by atoms with E-state index in [0.717, 1.165) is 0 Å². The number of rotatable bonds is 3. The number of nitrogens with zero attached hydrogens (tertiary/aromatic N) is 3. The van der Waals surface area contributed by atoms with Gasteiger partial charge in [0.15, 0.2) is 12.4 Å². The van der Waals surface area contributed by atoms with E-state index in [9.17, 15) is 25.0 Å². The van der Waals surface area contributed by atoms with Crippen LogP contribution in [0.15, 0.2) is 54.9 Å². The number of aromatic nitrogens is 1. The highest BCUT2D eigenvalue weighted by molar-refractivity contribution is 6.02. The minimum Gasteiger partial charge on any atom is -0.289 e. The number of imide groups is 1. The maximum absolute atomic E-state index is 12.5. The Morgan fingerprint density at radius 3 is 2.28 bits per heavy atom. The third kappa shape index (κ3) is 2.95. The maximum atomic E-state index is 12.5. The van der Waals surface area contributed by atoms with Crippen LogP contribution in [0, 0.1) is 27.4 Å². The lowest BCUT2D eigenvalue weighted by molar-refractivity contribution is -0.713. The first-order valence-electron chi connectivity index (χ1n) is 7.47. The fourth-order valence-electron chi connectivity index (χ4n) is 3.03. The zero-order valence-corrected chi connectivity index (χ0v) is 12.9. The van der Waals surface area contributed by atoms with E-state index in [4.69, 9.17) is 0 Å². The monoisotopic (exact) mass is 337 g/mol. The average Bonchev–Trinajstić information content (AvgIpc) is 2.62. The van der Waals surface area contributed by atoms with Gasteiger partial charge in [0, 0.05) is 24.3 Å².